The van der Waals surface area contributed by atoms with Crippen LogP contribution in [0.2, 0.25) is 0 Å². The lowest BCUT2D eigenvalue weighted by atomic mass is 9.98. The molecule has 0 aliphatic carbocycles. The zero-order valence-corrected chi connectivity index (χ0v) is 11.1. The molecule has 0 radical (unpaired) electrons. The van der Waals surface area contributed by atoms with E-state index in [0.29, 0.717) is 6.04 Å². The summed E-state index contributed by atoms with van der Waals surface area (Å²) >= 11 is 0. The number of nitrogens with one attached hydrogen (secondary N) is 1. The highest BCUT2D eigenvalue weighted by molar-refractivity contribution is 5.25. The van der Waals surface area contributed by atoms with Gasteiger partial charge in [-0.15, -0.1) is 6.58 Å². The lowest BCUT2D eigenvalue weighted by molar-refractivity contribution is 0.484. The molecule has 0 bridgehead atoms. The maximum absolute atomic E-state index is 4.16. The van der Waals surface area contributed by atoms with Gasteiger partial charge in [0.1, 0.15) is 0 Å². The van der Waals surface area contributed by atoms with Crippen molar-refractivity contribution in [1.82, 2.24) is 10.3 Å². The largest absolute Gasteiger partial charge is 0.310 e. The predicted molar refractivity (Wildman–Crippen MR) is 74.1 cm³/mol. The van der Waals surface area contributed by atoms with E-state index < -0.39 is 0 Å². The molecular weight excluding hydrogens is 208 g/mol. The molecule has 1 N–H and O–H groups in total. The van der Waals surface area contributed by atoms with Crippen molar-refractivity contribution in [2.24, 2.45) is 0 Å². The van der Waals surface area contributed by atoms with Gasteiger partial charge < -0.3 is 5.32 Å². The van der Waals surface area contributed by atoms with E-state index in [1.54, 1.807) is 0 Å². The average molecular weight is 232 g/mol. The van der Waals surface area contributed by atoms with Crippen molar-refractivity contribution in [1.29, 1.82) is 0 Å². The third-order valence-electron chi connectivity index (χ3n) is 2.98. The number of hydrogen-bond acceptors (Lipinski definition) is 2. The summed E-state index contributed by atoms with van der Waals surface area (Å²) in [6.07, 6.45) is 10.4. The van der Waals surface area contributed by atoms with Gasteiger partial charge >= 0.3 is 0 Å². The summed E-state index contributed by atoms with van der Waals surface area (Å²) in [6, 6.07) is 2.59. The molecule has 0 saturated carbocycles. The molecule has 0 aliphatic heterocycles. The monoisotopic (exact) mass is 232 g/mol. The van der Waals surface area contributed by atoms with Crippen molar-refractivity contribution in [3.05, 3.63) is 42.2 Å². The van der Waals surface area contributed by atoms with Gasteiger partial charge in [-0.25, -0.2) is 0 Å². The molecule has 0 amide bonds. The van der Waals surface area contributed by atoms with Gasteiger partial charge in [0.05, 0.1) is 0 Å². The van der Waals surface area contributed by atoms with Crippen LogP contribution in [0.25, 0.3) is 0 Å². The first-order valence-corrected chi connectivity index (χ1v) is 6.54. The SMILES string of the molecule is C=CCCCC(NCCC)c1ccncc1C. The van der Waals surface area contributed by atoms with Crippen LogP contribution in [0.3, 0.4) is 0 Å². The minimum atomic E-state index is 0.456. The van der Waals surface area contributed by atoms with Gasteiger partial charge in [0.15, 0.2) is 0 Å². The number of aromatic nitrogens is 1. The number of nitrogens with zero attached hydrogens (tertiary/aromatic N) is 1. The van der Waals surface area contributed by atoms with Crippen molar-refractivity contribution in [2.45, 2.75) is 45.6 Å². The number of allylic oxidation sites excluding steroid dienone is 1. The van der Waals surface area contributed by atoms with E-state index in [2.05, 4.69) is 36.8 Å². The molecular formula is C15H24N2. The van der Waals surface area contributed by atoms with E-state index in [1.807, 2.05) is 18.5 Å². The highest BCUT2D eigenvalue weighted by Gasteiger charge is 2.11. The first-order valence-electron chi connectivity index (χ1n) is 6.54. The summed E-state index contributed by atoms with van der Waals surface area (Å²) in [6.45, 7) is 9.19. The van der Waals surface area contributed by atoms with Crippen LogP contribution in [0.4, 0.5) is 0 Å². The highest BCUT2D eigenvalue weighted by atomic mass is 14.9. The molecule has 2 heteroatoms. The number of aryl methyl sites for hydroxylation is 1. The van der Waals surface area contributed by atoms with E-state index in [4.69, 9.17) is 0 Å². The van der Waals surface area contributed by atoms with E-state index >= 15 is 0 Å². The molecule has 94 valence electrons. The molecule has 1 rings (SSSR count). The zero-order chi connectivity index (χ0) is 12.5. The molecule has 0 aliphatic rings. The first kappa shape index (κ1) is 13.9. The van der Waals surface area contributed by atoms with Crippen molar-refractivity contribution in [3.63, 3.8) is 0 Å². The number of unbranched alkanes of at least 4 members (excludes halogenated alkanes) is 1. The quantitative estimate of drug-likeness (QED) is 0.545. The lowest BCUT2D eigenvalue weighted by Gasteiger charge is -2.20. The smallest absolute Gasteiger partial charge is 0.0324 e. The number of hydrogen-bond donors (Lipinski definition) is 1. The van der Waals surface area contributed by atoms with Crippen molar-refractivity contribution < 1.29 is 0 Å². The number of pyridine rings is 1. The second-order valence-corrected chi connectivity index (χ2v) is 4.46. The minimum Gasteiger partial charge on any atom is -0.310 e. The lowest BCUT2D eigenvalue weighted by Crippen LogP contribution is -2.23. The van der Waals surface area contributed by atoms with E-state index in [9.17, 15) is 0 Å². The fraction of sp³-hybridized carbons (Fsp3) is 0.533. The normalized spacial score (nSPS) is 12.4. The Morgan fingerprint density at radius 3 is 3.00 bits per heavy atom. The molecule has 1 heterocycles. The molecule has 0 aromatic carbocycles. The fourth-order valence-corrected chi connectivity index (χ4v) is 2.03. The fourth-order valence-electron chi connectivity index (χ4n) is 2.03. The van der Waals surface area contributed by atoms with Crippen molar-refractivity contribution in [2.75, 3.05) is 6.54 Å². The molecule has 1 atom stereocenters. The Hall–Kier alpha value is -1.15. The van der Waals surface area contributed by atoms with Gasteiger partial charge in [-0.3, -0.25) is 4.98 Å². The molecule has 0 spiro atoms. The third-order valence-corrected chi connectivity index (χ3v) is 2.98. The Kier molecular flexibility index (Phi) is 6.56. The third kappa shape index (κ3) is 4.70. The molecule has 1 aromatic rings. The Labute approximate surface area is 105 Å². The maximum atomic E-state index is 4.16. The van der Waals surface area contributed by atoms with Crippen LogP contribution in [-0.4, -0.2) is 11.5 Å². The van der Waals surface area contributed by atoms with Crippen LogP contribution in [0.1, 0.15) is 49.8 Å². The highest BCUT2D eigenvalue weighted by Crippen LogP contribution is 2.22. The second-order valence-electron chi connectivity index (χ2n) is 4.46. The van der Waals surface area contributed by atoms with Crippen molar-refractivity contribution >= 4 is 0 Å². The summed E-state index contributed by atoms with van der Waals surface area (Å²) in [5, 5.41) is 3.62. The Balaban J connectivity index is 2.67. The molecule has 1 aromatic heterocycles. The van der Waals surface area contributed by atoms with E-state index in [-0.39, 0.29) is 0 Å². The van der Waals surface area contributed by atoms with Crippen LogP contribution >= 0.6 is 0 Å². The van der Waals surface area contributed by atoms with Gasteiger partial charge in [0.25, 0.3) is 0 Å². The van der Waals surface area contributed by atoms with Crippen LogP contribution in [0.15, 0.2) is 31.1 Å². The maximum Gasteiger partial charge on any atom is 0.0324 e. The zero-order valence-electron chi connectivity index (χ0n) is 11.1. The average Bonchev–Trinajstić information content (AvgIpc) is 2.35. The topological polar surface area (TPSA) is 24.9 Å². The molecule has 0 saturated heterocycles. The number of rotatable bonds is 8. The molecule has 1 unspecified atom stereocenters. The summed E-state index contributed by atoms with van der Waals surface area (Å²) in [5.74, 6) is 0. The van der Waals surface area contributed by atoms with Gasteiger partial charge in [0.2, 0.25) is 0 Å². The Bertz CT molecular complexity index is 333. The predicted octanol–water partition coefficient (Wildman–Crippen LogP) is 3.79. The Morgan fingerprint density at radius 2 is 2.35 bits per heavy atom. The van der Waals surface area contributed by atoms with Crippen molar-refractivity contribution in [3.8, 4) is 0 Å². The summed E-state index contributed by atoms with van der Waals surface area (Å²) in [7, 11) is 0. The standard InChI is InChI=1S/C15H24N2/c1-4-6-7-8-15(17-10-5-2)14-9-11-16-12-13(14)3/h4,9,11-12,15,17H,1,5-8,10H2,2-3H3. The van der Waals surface area contributed by atoms with Gasteiger partial charge in [0, 0.05) is 18.4 Å². The van der Waals surface area contributed by atoms with Gasteiger partial charge in [-0.2, -0.15) is 0 Å². The first-order chi connectivity index (χ1) is 8.29. The molecule has 0 fully saturated rings. The summed E-state index contributed by atoms with van der Waals surface area (Å²) in [4.78, 5) is 4.16. The molecule has 17 heavy (non-hydrogen) atoms. The van der Waals surface area contributed by atoms with E-state index in [0.717, 1.165) is 19.4 Å². The van der Waals surface area contributed by atoms with Gasteiger partial charge in [-0.05, 0) is 56.3 Å². The Morgan fingerprint density at radius 1 is 1.53 bits per heavy atom. The van der Waals surface area contributed by atoms with Crippen LogP contribution in [0.5, 0.6) is 0 Å². The minimum absolute atomic E-state index is 0.456. The van der Waals surface area contributed by atoms with Gasteiger partial charge in [-0.1, -0.05) is 13.0 Å². The van der Waals surface area contributed by atoms with Crippen LogP contribution in [0, 0.1) is 6.92 Å². The second kappa shape index (κ2) is 8.02. The summed E-state index contributed by atoms with van der Waals surface area (Å²) < 4.78 is 0. The van der Waals surface area contributed by atoms with Crippen LogP contribution in [-0.2, 0) is 0 Å². The molecule has 2 nitrogen and oxygen atoms in total. The van der Waals surface area contributed by atoms with Crippen LogP contribution < -0.4 is 5.32 Å². The van der Waals surface area contributed by atoms with E-state index in [1.165, 1.54) is 24.0 Å². The summed E-state index contributed by atoms with van der Waals surface area (Å²) in [5.41, 5.74) is 2.66.